The third kappa shape index (κ3) is 3.55. The van der Waals surface area contributed by atoms with Crippen LogP contribution in [0.25, 0.3) is 21.1 Å². The maximum Gasteiger partial charge on any atom is 0.145 e. The van der Waals surface area contributed by atoms with Crippen molar-refractivity contribution in [3.05, 3.63) is 46.6 Å². The molecule has 1 N–H and O–H groups in total. The highest BCUT2D eigenvalue weighted by atomic mass is 79.9. The van der Waals surface area contributed by atoms with Crippen LogP contribution in [-0.2, 0) is 4.74 Å². The van der Waals surface area contributed by atoms with Crippen LogP contribution in [0.5, 0.6) is 5.75 Å². The molecule has 3 heterocycles. The topological polar surface area (TPSA) is 69.2 Å². The molecule has 0 bridgehead atoms. The summed E-state index contributed by atoms with van der Waals surface area (Å²) in [4.78, 5) is 13.3. The van der Waals surface area contributed by atoms with Gasteiger partial charge in [-0.3, -0.25) is 0 Å². The first-order chi connectivity index (χ1) is 13.8. The van der Waals surface area contributed by atoms with E-state index in [1.807, 2.05) is 29.8 Å². The van der Waals surface area contributed by atoms with Crippen LogP contribution in [0.4, 0.5) is 11.5 Å². The molecule has 4 aromatic rings. The molecule has 1 fully saturated rings. The van der Waals surface area contributed by atoms with Crippen LogP contribution >= 0.6 is 27.3 Å². The maximum absolute atomic E-state index is 6.35. The molecule has 8 heteroatoms. The van der Waals surface area contributed by atoms with Gasteiger partial charge in [0.05, 0.1) is 39.8 Å². The number of ether oxygens (including phenoxy) is 2. The molecule has 2 aromatic carbocycles. The van der Waals surface area contributed by atoms with E-state index >= 15 is 0 Å². The van der Waals surface area contributed by atoms with E-state index in [-0.39, 0.29) is 6.10 Å². The summed E-state index contributed by atoms with van der Waals surface area (Å²) >= 11 is 5.19. The molecule has 0 amide bonds. The first-order valence-electron chi connectivity index (χ1n) is 9.05. The molecule has 0 spiro atoms. The summed E-state index contributed by atoms with van der Waals surface area (Å²) < 4.78 is 13.9. The number of anilines is 2. The molecular weight excluding hydrogens is 440 g/mol. The Bertz CT molecular complexity index is 1140. The van der Waals surface area contributed by atoms with Gasteiger partial charge in [0.2, 0.25) is 0 Å². The molecule has 1 aliphatic heterocycles. The van der Waals surface area contributed by atoms with Crippen molar-refractivity contribution in [3.63, 3.8) is 0 Å². The van der Waals surface area contributed by atoms with Gasteiger partial charge in [-0.05, 0) is 30.3 Å². The van der Waals surface area contributed by atoms with E-state index in [1.54, 1.807) is 17.7 Å². The lowest BCUT2D eigenvalue weighted by atomic mass is 10.1. The Balaban J connectivity index is 1.55. The zero-order valence-corrected chi connectivity index (χ0v) is 17.3. The van der Waals surface area contributed by atoms with Gasteiger partial charge < -0.3 is 14.8 Å². The minimum Gasteiger partial charge on any atom is -0.489 e. The standard InChI is InChI=1S/C20H17BrN4O2S/c21-12-7-16-19(17(8-12)27-14-3-5-26-6-4-14)20(23-10-22-16)25-13-1-2-15-18(9-13)28-11-24-15/h1-2,7-11,14H,3-6H2,(H,22,23,25). The number of thiazole rings is 1. The number of hydrogen-bond acceptors (Lipinski definition) is 7. The summed E-state index contributed by atoms with van der Waals surface area (Å²) in [5.74, 6) is 1.50. The molecule has 28 heavy (non-hydrogen) atoms. The Hall–Kier alpha value is -2.29. The molecule has 142 valence electrons. The maximum atomic E-state index is 6.35. The summed E-state index contributed by atoms with van der Waals surface area (Å²) in [6.07, 6.45) is 3.47. The van der Waals surface area contributed by atoms with Crippen molar-refractivity contribution in [2.24, 2.45) is 0 Å². The molecule has 0 aliphatic carbocycles. The van der Waals surface area contributed by atoms with E-state index in [9.17, 15) is 0 Å². The van der Waals surface area contributed by atoms with Crippen molar-refractivity contribution in [1.29, 1.82) is 0 Å². The number of nitrogens with one attached hydrogen (secondary N) is 1. The smallest absolute Gasteiger partial charge is 0.145 e. The van der Waals surface area contributed by atoms with Crippen LogP contribution in [-0.4, -0.2) is 34.3 Å². The second-order valence-electron chi connectivity index (χ2n) is 6.61. The van der Waals surface area contributed by atoms with Crippen LogP contribution < -0.4 is 10.1 Å². The number of halogens is 1. The lowest BCUT2D eigenvalue weighted by Crippen LogP contribution is -2.26. The van der Waals surface area contributed by atoms with Crippen LogP contribution in [0.1, 0.15) is 12.8 Å². The van der Waals surface area contributed by atoms with Gasteiger partial charge in [0.25, 0.3) is 0 Å². The number of hydrogen-bond donors (Lipinski definition) is 1. The molecule has 1 aliphatic rings. The SMILES string of the molecule is Brc1cc(OC2CCOCC2)c2c(Nc3ccc4ncsc4c3)ncnc2c1. The summed E-state index contributed by atoms with van der Waals surface area (Å²) in [5, 5.41) is 4.31. The fraction of sp³-hybridized carbons (Fsp3) is 0.250. The first kappa shape index (κ1) is 17.8. The van der Waals surface area contributed by atoms with Gasteiger partial charge in [-0.1, -0.05) is 15.9 Å². The second kappa shape index (κ2) is 7.62. The van der Waals surface area contributed by atoms with Crippen molar-refractivity contribution in [3.8, 4) is 5.75 Å². The Labute approximate surface area is 174 Å². The van der Waals surface area contributed by atoms with Crippen LogP contribution in [0.15, 0.2) is 46.6 Å². The highest BCUT2D eigenvalue weighted by Gasteiger charge is 2.19. The molecule has 0 saturated carbocycles. The largest absolute Gasteiger partial charge is 0.489 e. The van der Waals surface area contributed by atoms with Gasteiger partial charge in [0.1, 0.15) is 24.0 Å². The van der Waals surface area contributed by atoms with E-state index < -0.39 is 0 Å². The Kier molecular flexibility index (Phi) is 4.84. The van der Waals surface area contributed by atoms with E-state index in [2.05, 4.69) is 42.3 Å². The third-order valence-electron chi connectivity index (χ3n) is 4.72. The highest BCUT2D eigenvalue weighted by Crippen LogP contribution is 2.36. The van der Waals surface area contributed by atoms with E-state index in [1.165, 1.54) is 0 Å². The van der Waals surface area contributed by atoms with E-state index in [4.69, 9.17) is 9.47 Å². The van der Waals surface area contributed by atoms with Crippen LogP contribution in [0.2, 0.25) is 0 Å². The second-order valence-corrected chi connectivity index (χ2v) is 8.41. The zero-order valence-electron chi connectivity index (χ0n) is 14.9. The number of rotatable bonds is 4. The van der Waals surface area contributed by atoms with E-state index in [0.717, 1.165) is 68.9 Å². The number of nitrogens with zero attached hydrogens (tertiary/aromatic N) is 3. The quantitative estimate of drug-likeness (QED) is 0.448. The lowest BCUT2D eigenvalue weighted by Gasteiger charge is -2.24. The predicted molar refractivity (Wildman–Crippen MR) is 115 cm³/mol. The summed E-state index contributed by atoms with van der Waals surface area (Å²) in [5.41, 5.74) is 4.63. The fourth-order valence-corrected chi connectivity index (χ4v) is 4.49. The minimum absolute atomic E-state index is 0.132. The summed E-state index contributed by atoms with van der Waals surface area (Å²) in [7, 11) is 0. The molecule has 1 saturated heterocycles. The number of fused-ring (bicyclic) bond motifs is 2. The molecule has 0 unspecified atom stereocenters. The number of benzene rings is 2. The first-order valence-corrected chi connectivity index (χ1v) is 10.7. The van der Waals surface area contributed by atoms with Crippen molar-refractivity contribution in [2.75, 3.05) is 18.5 Å². The summed E-state index contributed by atoms with van der Waals surface area (Å²) in [6, 6.07) is 10.1. The molecule has 5 rings (SSSR count). The van der Waals surface area contributed by atoms with Crippen molar-refractivity contribution < 1.29 is 9.47 Å². The zero-order chi connectivity index (χ0) is 18.9. The average molecular weight is 457 g/mol. The van der Waals surface area contributed by atoms with Gasteiger partial charge in [0.15, 0.2) is 0 Å². The van der Waals surface area contributed by atoms with Crippen molar-refractivity contribution in [1.82, 2.24) is 15.0 Å². The highest BCUT2D eigenvalue weighted by molar-refractivity contribution is 9.10. The van der Waals surface area contributed by atoms with Gasteiger partial charge in [-0.2, -0.15) is 0 Å². The Morgan fingerprint density at radius 3 is 2.86 bits per heavy atom. The molecular formula is C20H17BrN4O2S. The van der Waals surface area contributed by atoms with Crippen LogP contribution in [0.3, 0.4) is 0 Å². The fourth-order valence-electron chi connectivity index (χ4n) is 3.35. The monoisotopic (exact) mass is 456 g/mol. The number of aromatic nitrogens is 3. The Morgan fingerprint density at radius 1 is 1.07 bits per heavy atom. The van der Waals surface area contributed by atoms with Crippen molar-refractivity contribution >= 4 is 59.9 Å². The molecule has 0 atom stereocenters. The normalized spacial score (nSPS) is 15.2. The van der Waals surface area contributed by atoms with Crippen LogP contribution in [0, 0.1) is 0 Å². The van der Waals surface area contributed by atoms with E-state index in [0.29, 0.717) is 0 Å². The predicted octanol–water partition coefficient (Wildman–Crippen LogP) is 5.30. The lowest BCUT2D eigenvalue weighted by molar-refractivity contribution is 0.0262. The molecule has 2 aromatic heterocycles. The average Bonchev–Trinajstić information content (AvgIpc) is 3.16. The van der Waals surface area contributed by atoms with Gasteiger partial charge >= 0.3 is 0 Å². The summed E-state index contributed by atoms with van der Waals surface area (Å²) in [6.45, 7) is 1.46. The van der Waals surface area contributed by atoms with Gasteiger partial charge in [-0.15, -0.1) is 11.3 Å². The molecule has 0 radical (unpaired) electrons. The Morgan fingerprint density at radius 2 is 1.96 bits per heavy atom. The van der Waals surface area contributed by atoms with Gasteiger partial charge in [-0.25, -0.2) is 15.0 Å². The van der Waals surface area contributed by atoms with Crippen molar-refractivity contribution in [2.45, 2.75) is 18.9 Å². The van der Waals surface area contributed by atoms with Gasteiger partial charge in [0, 0.05) is 23.0 Å². The minimum atomic E-state index is 0.132. The third-order valence-corrected chi connectivity index (χ3v) is 5.97. The molecule has 6 nitrogen and oxygen atoms in total.